The van der Waals surface area contributed by atoms with Crippen LogP contribution in [0.1, 0.15) is 25.4 Å². The molecule has 108 valence electrons. The predicted molar refractivity (Wildman–Crippen MR) is 85.7 cm³/mol. The lowest BCUT2D eigenvalue weighted by Crippen LogP contribution is -2.03. The topological polar surface area (TPSA) is 34.4 Å². The molecule has 0 unspecified atom stereocenters. The molecule has 0 saturated heterocycles. The minimum absolute atomic E-state index is 0.590. The SMILES string of the molecule is CCOc1c(Br)cc(Cl)cc1NCc1ccc(CC)o1. The zero-order chi connectivity index (χ0) is 14.5. The second-order valence-electron chi connectivity index (χ2n) is 4.27. The first-order valence-electron chi connectivity index (χ1n) is 6.57. The number of benzene rings is 1. The molecule has 2 aromatic rings. The fraction of sp³-hybridized carbons (Fsp3) is 0.333. The second kappa shape index (κ2) is 7.04. The first-order chi connectivity index (χ1) is 9.63. The molecule has 1 heterocycles. The van der Waals surface area contributed by atoms with Crippen molar-refractivity contribution in [1.29, 1.82) is 0 Å². The smallest absolute Gasteiger partial charge is 0.156 e. The number of ether oxygens (including phenoxy) is 1. The van der Waals surface area contributed by atoms with E-state index in [1.165, 1.54) is 0 Å². The van der Waals surface area contributed by atoms with Gasteiger partial charge >= 0.3 is 0 Å². The normalized spacial score (nSPS) is 10.6. The highest BCUT2D eigenvalue weighted by Crippen LogP contribution is 2.36. The van der Waals surface area contributed by atoms with E-state index in [0.717, 1.165) is 33.9 Å². The zero-order valence-corrected chi connectivity index (χ0v) is 13.8. The van der Waals surface area contributed by atoms with Gasteiger partial charge < -0.3 is 14.5 Å². The number of furan rings is 1. The van der Waals surface area contributed by atoms with Crippen LogP contribution in [-0.4, -0.2) is 6.61 Å². The summed E-state index contributed by atoms with van der Waals surface area (Å²) in [7, 11) is 0. The molecule has 0 amide bonds. The first-order valence-corrected chi connectivity index (χ1v) is 7.74. The van der Waals surface area contributed by atoms with E-state index in [1.54, 1.807) is 0 Å². The number of anilines is 1. The van der Waals surface area contributed by atoms with E-state index in [1.807, 2.05) is 31.2 Å². The molecule has 0 saturated carbocycles. The fourth-order valence-electron chi connectivity index (χ4n) is 1.87. The summed E-state index contributed by atoms with van der Waals surface area (Å²) < 4.78 is 12.1. The Morgan fingerprint density at radius 2 is 2.00 bits per heavy atom. The van der Waals surface area contributed by atoms with Crippen LogP contribution in [0.3, 0.4) is 0 Å². The van der Waals surface area contributed by atoms with Gasteiger partial charge in [-0.25, -0.2) is 0 Å². The van der Waals surface area contributed by atoms with Gasteiger partial charge in [0.1, 0.15) is 11.5 Å². The maximum absolute atomic E-state index is 6.08. The maximum atomic E-state index is 6.08. The van der Waals surface area contributed by atoms with Crippen LogP contribution < -0.4 is 10.1 Å². The number of aryl methyl sites for hydroxylation is 1. The van der Waals surface area contributed by atoms with Crippen molar-refractivity contribution >= 4 is 33.2 Å². The van der Waals surface area contributed by atoms with Gasteiger partial charge in [-0.05, 0) is 47.1 Å². The molecule has 0 aliphatic heterocycles. The molecule has 0 atom stereocenters. The van der Waals surface area contributed by atoms with Crippen molar-refractivity contribution in [3.8, 4) is 5.75 Å². The molecule has 0 fully saturated rings. The van der Waals surface area contributed by atoms with Crippen LogP contribution in [0.25, 0.3) is 0 Å². The Morgan fingerprint density at radius 3 is 2.65 bits per heavy atom. The molecule has 3 nitrogen and oxygen atoms in total. The summed E-state index contributed by atoms with van der Waals surface area (Å²) in [5, 5.41) is 3.95. The van der Waals surface area contributed by atoms with Gasteiger partial charge in [0, 0.05) is 11.4 Å². The lowest BCUT2D eigenvalue weighted by molar-refractivity contribution is 0.339. The summed E-state index contributed by atoms with van der Waals surface area (Å²) in [6.07, 6.45) is 0.896. The molecule has 1 aromatic heterocycles. The highest BCUT2D eigenvalue weighted by atomic mass is 79.9. The molecule has 0 bridgehead atoms. The van der Waals surface area contributed by atoms with E-state index < -0.39 is 0 Å². The number of halogens is 2. The van der Waals surface area contributed by atoms with Crippen LogP contribution in [-0.2, 0) is 13.0 Å². The van der Waals surface area contributed by atoms with E-state index in [2.05, 4.69) is 28.2 Å². The van der Waals surface area contributed by atoms with Gasteiger partial charge in [-0.2, -0.15) is 0 Å². The summed E-state index contributed by atoms with van der Waals surface area (Å²) in [6, 6.07) is 7.64. The summed E-state index contributed by atoms with van der Waals surface area (Å²) in [5.41, 5.74) is 0.848. The Bertz CT molecular complexity index is 583. The second-order valence-corrected chi connectivity index (χ2v) is 5.56. The standard InChI is InChI=1S/C15H17BrClNO2/c1-3-11-5-6-12(20-11)9-18-14-8-10(17)7-13(16)15(14)19-4-2/h5-8,18H,3-4,9H2,1-2H3. The summed E-state index contributed by atoms with van der Waals surface area (Å²) in [4.78, 5) is 0. The lowest BCUT2D eigenvalue weighted by Gasteiger charge is -2.14. The van der Waals surface area contributed by atoms with Gasteiger partial charge in [0.15, 0.2) is 5.75 Å². The van der Waals surface area contributed by atoms with Crippen LogP contribution in [0.5, 0.6) is 5.75 Å². The highest BCUT2D eigenvalue weighted by Gasteiger charge is 2.10. The first kappa shape index (κ1) is 15.3. The third kappa shape index (κ3) is 3.70. The molecule has 0 aliphatic carbocycles. The monoisotopic (exact) mass is 357 g/mol. The van der Waals surface area contributed by atoms with Gasteiger partial charge in [0.05, 0.1) is 23.3 Å². The molecule has 0 spiro atoms. The average Bonchev–Trinajstić information content (AvgIpc) is 2.88. The van der Waals surface area contributed by atoms with Crippen LogP contribution >= 0.6 is 27.5 Å². The number of hydrogen-bond donors (Lipinski definition) is 1. The molecular weight excluding hydrogens is 342 g/mol. The Kier molecular flexibility index (Phi) is 5.38. The van der Waals surface area contributed by atoms with Crippen molar-refractivity contribution in [2.75, 3.05) is 11.9 Å². The zero-order valence-electron chi connectivity index (χ0n) is 11.5. The highest BCUT2D eigenvalue weighted by molar-refractivity contribution is 9.10. The molecule has 0 aliphatic rings. The summed E-state index contributed by atoms with van der Waals surface area (Å²) in [6.45, 7) is 5.20. The molecule has 5 heteroatoms. The molecule has 0 radical (unpaired) electrons. The Hall–Kier alpha value is -1.13. The Morgan fingerprint density at radius 1 is 1.25 bits per heavy atom. The summed E-state index contributed by atoms with van der Waals surface area (Å²) >= 11 is 9.55. The maximum Gasteiger partial charge on any atom is 0.156 e. The number of hydrogen-bond acceptors (Lipinski definition) is 3. The van der Waals surface area contributed by atoms with Crippen LogP contribution in [0, 0.1) is 0 Å². The van der Waals surface area contributed by atoms with Crippen LogP contribution in [0.15, 0.2) is 33.2 Å². The molecule has 1 N–H and O–H groups in total. The third-order valence-corrected chi connectivity index (χ3v) is 3.62. The molecule has 1 aromatic carbocycles. The van der Waals surface area contributed by atoms with Gasteiger partial charge in [-0.15, -0.1) is 0 Å². The van der Waals surface area contributed by atoms with Gasteiger partial charge in [-0.3, -0.25) is 0 Å². The van der Waals surface area contributed by atoms with Crippen molar-refractivity contribution in [3.63, 3.8) is 0 Å². The largest absolute Gasteiger partial charge is 0.491 e. The fourth-order valence-corrected chi connectivity index (χ4v) is 2.80. The molecule has 2 rings (SSSR count). The van der Waals surface area contributed by atoms with E-state index in [9.17, 15) is 0 Å². The average molecular weight is 359 g/mol. The Labute approximate surface area is 132 Å². The minimum atomic E-state index is 0.590. The van der Waals surface area contributed by atoms with Gasteiger partial charge in [-0.1, -0.05) is 18.5 Å². The molecule has 20 heavy (non-hydrogen) atoms. The van der Waals surface area contributed by atoms with Crippen molar-refractivity contribution in [3.05, 3.63) is 45.3 Å². The predicted octanol–water partition coefficient (Wildman–Crippen LogP) is 5.27. The van der Waals surface area contributed by atoms with E-state index >= 15 is 0 Å². The van der Waals surface area contributed by atoms with Crippen molar-refractivity contribution in [2.45, 2.75) is 26.8 Å². The van der Waals surface area contributed by atoms with Crippen molar-refractivity contribution in [2.24, 2.45) is 0 Å². The van der Waals surface area contributed by atoms with Gasteiger partial charge in [0.2, 0.25) is 0 Å². The van der Waals surface area contributed by atoms with Crippen LogP contribution in [0.2, 0.25) is 5.02 Å². The van der Waals surface area contributed by atoms with E-state index in [4.69, 9.17) is 20.8 Å². The quantitative estimate of drug-likeness (QED) is 0.764. The van der Waals surface area contributed by atoms with Gasteiger partial charge in [0.25, 0.3) is 0 Å². The van der Waals surface area contributed by atoms with Crippen molar-refractivity contribution in [1.82, 2.24) is 0 Å². The van der Waals surface area contributed by atoms with E-state index in [0.29, 0.717) is 18.2 Å². The third-order valence-electron chi connectivity index (χ3n) is 2.82. The van der Waals surface area contributed by atoms with Crippen LogP contribution in [0.4, 0.5) is 5.69 Å². The number of rotatable bonds is 6. The number of nitrogens with one attached hydrogen (secondary N) is 1. The van der Waals surface area contributed by atoms with E-state index in [-0.39, 0.29) is 0 Å². The molecular formula is C15H17BrClNO2. The van der Waals surface area contributed by atoms with Crippen molar-refractivity contribution < 1.29 is 9.15 Å². The minimum Gasteiger partial charge on any atom is -0.491 e. The lowest BCUT2D eigenvalue weighted by atomic mass is 10.3. The summed E-state index contributed by atoms with van der Waals surface area (Å²) in [5.74, 6) is 2.64. The Balaban J connectivity index is 2.15.